The summed E-state index contributed by atoms with van der Waals surface area (Å²) >= 11 is 0. The smallest absolute Gasteiger partial charge is 0.123 e. The van der Waals surface area contributed by atoms with Crippen molar-refractivity contribution in [2.24, 2.45) is 0 Å². The number of imidazole rings is 1. The summed E-state index contributed by atoms with van der Waals surface area (Å²) in [6.45, 7) is 4.59. The average molecular weight is 304 g/mol. The fraction of sp³-hybridized carbons (Fsp3) is 0.438. The van der Waals surface area contributed by atoms with Crippen LogP contribution in [-0.2, 0) is 11.3 Å². The Hall–Kier alpha value is -1.76. The highest BCUT2D eigenvalue weighted by atomic mass is 19.1. The van der Waals surface area contributed by atoms with Gasteiger partial charge in [-0.25, -0.2) is 9.37 Å². The van der Waals surface area contributed by atoms with E-state index in [4.69, 9.17) is 4.74 Å². The van der Waals surface area contributed by atoms with Crippen LogP contribution >= 0.6 is 0 Å². The maximum absolute atomic E-state index is 13.6. The number of H-pyrrole nitrogens is 1. The molecule has 1 fully saturated rings. The van der Waals surface area contributed by atoms with Crippen LogP contribution in [-0.4, -0.2) is 47.7 Å². The van der Waals surface area contributed by atoms with Crippen molar-refractivity contribution in [2.75, 3.05) is 32.8 Å². The van der Waals surface area contributed by atoms with Gasteiger partial charge < -0.3 is 15.0 Å². The first-order valence-corrected chi connectivity index (χ1v) is 7.59. The van der Waals surface area contributed by atoms with Crippen LogP contribution in [0.4, 0.5) is 4.39 Å². The molecule has 1 aromatic carbocycles. The monoisotopic (exact) mass is 304 g/mol. The minimum atomic E-state index is -0.193. The lowest BCUT2D eigenvalue weighted by Crippen LogP contribution is -2.42. The zero-order valence-corrected chi connectivity index (χ0v) is 12.5. The zero-order chi connectivity index (χ0) is 15.2. The normalized spacial score (nSPS) is 17.5. The maximum atomic E-state index is 13.6. The van der Waals surface area contributed by atoms with Crippen LogP contribution in [0.15, 0.2) is 36.7 Å². The van der Waals surface area contributed by atoms with Crippen LogP contribution < -0.4 is 5.32 Å². The molecule has 1 unspecified atom stereocenters. The molecule has 1 aromatic heterocycles. The number of aromatic nitrogens is 2. The lowest BCUT2D eigenvalue weighted by atomic mass is 10.0. The summed E-state index contributed by atoms with van der Waals surface area (Å²) in [5, 5.41) is 3.40. The fourth-order valence-corrected chi connectivity index (χ4v) is 2.78. The second kappa shape index (κ2) is 7.49. The zero-order valence-electron chi connectivity index (χ0n) is 12.5. The second-order valence-electron chi connectivity index (χ2n) is 5.39. The first-order valence-electron chi connectivity index (χ1n) is 7.59. The van der Waals surface area contributed by atoms with E-state index in [0.717, 1.165) is 44.2 Å². The molecule has 118 valence electrons. The van der Waals surface area contributed by atoms with Crippen LogP contribution in [0.2, 0.25) is 0 Å². The first kappa shape index (κ1) is 15.1. The molecule has 0 amide bonds. The fourth-order valence-electron chi connectivity index (χ4n) is 2.78. The van der Waals surface area contributed by atoms with Crippen molar-refractivity contribution in [1.29, 1.82) is 0 Å². The molecule has 0 spiro atoms. The Morgan fingerprint density at radius 2 is 2.23 bits per heavy atom. The number of nitrogens with one attached hydrogen (secondary N) is 2. The van der Waals surface area contributed by atoms with E-state index >= 15 is 0 Å². The highest BCUT2D eigenvalue weighted by Crippen LogP contribution is 2.22. The summed E-state index contributed by atoms with van der Waals surface area (Å²) in [7, 11) is 0. The third kappa shape index (κ3) is 3.91. The van der Waals surface area contributed by atoms with Crippen molar-refractivity contribution >= 4 is 0 Å². The van der Waals surface area contributed by atoms with Gasteiger partial charge in [-0.05, 0) is 17.7 Å². The van der Waals surface area contributed by atoms with E-state index in [0.29, 0.717) is 6.54 Å². The van der Waals surface area contributed by atoms with E-state index in [2.05, 4.69) is 20.2 Å². The Kier molecular flexibility index (Phi) is 5.15. The third-order valence-electron chi connectivity index (χ3n) is 3.90. The number of nitrogens with zero attached hydrogens (tertiary/aromatic N) is 2. The Morgan fingerprint density at radius 3 is 2.95 bits per heavy atom. The number of aromatic amines is 1. The number of morpholine rings is 1. The van der Waals surface area contributed by atoms with Crippen molar-refractivity contribution in [3.05, 3.63) is 53.9 Å². The molecule has 22 heavy (non-hydrogen) atoms. The summed E-state index contributed by atoms with van der Waals surface area (Å²) in [5.41, 5.74) is 0.994. The SMILES string of the molecule is Fc1cccc(C(CNCc2ncc[nH]2)N2CCOCC2)c1. The van der Waals surface area contributed by atoms with E-state index in [9.17, 15) is 4.39 Å². The highest BCUT2D eigenvalue weighted by Gasteiger charge is 2.22. The van der Waals surface area contributed by atoms with Gasteiger partial charge in [0.1, 0.15) is 11.6 Å². The predicted molar refractivity (Wildman–Crippen MR) is 81.8 cm³/mol. The van der Waals surface area contributed by atoms with Gasteiger partial charge in [-0.15, -0.1) is 0 Å². The Labute approximate surface area is 129 Å². The Morgan fingerprint density at radius 1 is 1.36 bits per heavy atom. The Bertz CT molecular complexity index is 569. The van der Waals surface area contributed by atoms with E-state index < -0.39 is 0 Å². The van der Waals surface area contributed by atoms with Crippen molar-refractivity contribution in [1.82, 2.24) is 20.2 Å². The van der Waals surface area contributed by atoms with E-state index in [1.54, 1.807) is 18.3 Å². The molecular weight excluding hydrogens is 283 g/mol. The highest BCUT2D eigenvalue weighted by molar-refractivity contribution is 5.21. The molecule has 2 aromatic rings. The van der Waals surface area contributed by atoms with Gasteiger partial charge in [-0.3, -0.25) is 4.90 Å². The van der Waals surface area contributed by atoms with E-state index in [1.807, 2.05) is 12.3 Å². The summed E-state index contributed by atoms with van der Waals surface area (Å²) in [6.07, 6.45) is 3.55. The number of rotatable bonds is 6. The lowest BCUT2D eigenvalue weighted by molar-refractivity contribution is 0.0160. The molecular formula is C16H21FN4O. The molecule has 1 aliphatic heterocycles. The minimum Gasteiger partial charge on any atom is -0.379 e. The van der Waals surface area contributed by atoms with Gasteiger partial charge in [0.25, 0.3) is 0 Å². The van der Waals surface area contributed by atoms with Crippen LogP contribution in [0.3, 0.4) is 0 Å². The van der Waals surface area contributed by atoms with Crippen molar-refractivity contribution in [3.8, 4) is 0 Å². The van der Waals surface area contributed by atoms with Crippen LogP contribution in [0.1, 0.15) is 17.4 Å². The van der Waals surface area contributed by atoms with Crippen molar-refractivity contribution < 1.29 is 9.13 Å². The van der Waals surface area contributed by atoms with E-state index in [1.165, 1.54) is 6.07 Å². The third-order valence-corrected chi connectivity index (χ3v) is 3.90. The standard InChI is InChI=1S/C16H21FN4O/c17-14-3-1-2-13(10-14)15(21-6-8-22-9-7-21)11-18-12-16-19-4-5-20-16/h1-5,10,15,18H,6-9,11-12H2,(H,19,20). The molecule has 3 rings (SSSR count). The van der Waals surface area contributed by atoms with Gasteiger partial charge in [-0.2, -0.15) is 0 Å². The van der Waals surface area contributed by atoms with Crippen LogP contribution in [0.25, 0.3) is 0 Å². The van der Waals surface area contributed by atoms with Gasteiger partial charge in [0.15, 0.2) is 0 Å². The van der Waals surface area contributed by atoms with Gasteiger partial charge in [0.05, 0.1) is 19.8 Å². The first-order chi connectivity index (χ1) is 10.8. The molecule has 2 N–H and O–H groups in total. The van der Waals surface area contributed by atoms with Gasteiger partial charge in [-0.1, -0.05) is 12.1 Å². The van der Waals surface area contributed by atoms with Gasteiger partial charge in [0, 0.05) is 38.1 Å². The molecule has 5 nitrogen and oxygen atoms in total. The number of ether oxygens (including phenoxy) is 1. The van der Waals surface area contributed by atoms with Crippen LogP contribution in [0, 0.1) is 5.82 Å². The molecule has 0 aliphatic carbocycles. The summed E-state index contributed by atoms with van der Waals surface area (Å²) < 4.78 is 19.0. The second-order valence-corrected chi connectivity index (χ2v) is 5.39. The minimum absolute atomic E-state index is 0.134. The van der Waals surface area contributed by atoms with Gasteiger partial charge >= 0.3 is 0 Å². The number of benzene rings is 1. The number of halogens is 1. The quantitative estimate of drug-likeness (QED) is 0.853. The maximum Gasteiger partial charge on any atom is 0.123 e. The van der Waals surface area contributed by atoms with Gasteiger partial charge in [0.2, 0.25) is 0 Å². The summed E-state index contributed by atoms with van der Waals surface area (Å²) in [4.78, 5) is 9.61. The molecule has 6 heteroatoms. The largest absolute Gasteiger partial charge is 0.379 e. The summed E-state index contributed by atoms with van der Waals surface area (Å²) in [5.74, 6) is 0.710. The molecule has 0 bridgehead atoms. The number of hydrogen-bond acceptors (Lipinski definition) is 4. The molecule has 1 aliphatic rings. The van der Waals surface area contributed by atoms with Crippen LogP contribution in [0.5, 0.6) is 0 Å². The molecule has 0 radical (unpaired) electrons. The van der Waals surface area contributed by atoms with E-state index in [-0.39, 0.29) is 11.9 Å². The Balaban J connectivity index is 1.67. The molecule has 2 heterocycles. The lowest BCUT2D eigenvalue weighted by Gasteiger charge is -2.35. The predicted octanol–water partition coefficient (Wildman–Crippen LogP) is 1.71. The topological polar surface area (TPSA) is 53.2 Å². The molecule has 0 saturated carbocycles. The number of hydrogen-bond donors (Lipinski definition) is 2. The van der Waals surface area contributed by atoms with Crippen molar-refractivity contribution in [3.63, 3.8) is 0 Å². The molecule has 1 saturated heterocycles. The van der Waals surface area contributed by atoms with Crippen molar-refractivity contribution in [2.45, 2.75) is 12.6 Å². The molecule has 1 atom stereocenters. The average Bonchev–Trinajstić information content (AvgIpc) is 3.06. The summed E-state index contributed by atoms with van der Waals surface area (Å²) in [6, 6.07) is 6.99.